The summed E-state index contributed by atoms with van der Waals surface area (Å²) in [4.78, 5) is 2.13. The molecular weight excluding hydrogens is 155 g/mol. The Morgan fingerprint density at radius 1 is 1.42 bits per heavy atom. The van der Waals surface area contributed by atoms with Gasteiger partial charge in [-0.05, 0) is 20.8 Å². The van der Waals surface area contributed by atoms with Crippen LogP contribution in [0.2, 0.25) is 0 Å². The lowest BCUT2D eigenvalue weighted by Gasteiger charge is -2.42. The van der Waals surface area contributed by atoms with Crippen molar-refractivity contribution in [2.45, 2.75) is 32.4 Å². The molecule has 12 heavy (non-hydrogen) atoms. The van der Waals surface area contributed by atoms with Crippen molar-refractivity contribution < 1.29 is 4.39 Å². The van der Waals surface area contributed by atoms with E-state index < -0.39 is 0 Å². The van der Waals surface area contributed by atoms with E-state index in [1.54, 1.807) is 0 Å². The zero-order chi connectivity index (χ0) is 9.19. The molecule has 1 aliphatic rings. The Balaban J connectivity index is 2.10. The summed E-state index contributed by atoms with van der Waals surface area (Å²) in [5.74, 6) is 0. The molecule has 1 saturated heterocycles. The molecule has 2 nitrogen and oxygen atoms in total. The Labute approximate surface area is 74.1 Å². The van der Waals surface area contributed by atoms with Gasteiger partial charge in [0.25, 0.3) is 0 Å². The molecule has 0 saturated carbocycles. The van der Waals surface area contributed by atoms with Crippen LogP contribution in [0, 0.1) is 0 Å². The second-order valence-corrected chi connectivity index (χ2v) is 4.54. The largest absolute Gasteiger partial charge is 0.307 e. The second-order valence-electron chi connectivity index (χ2n) is 4.54. The fourth-order valence-electron chi connectivity index (χ4n) is 1.58. The Morgan fingerprint density at radius 3 is 2.42 bits per heavy atom. The molecule has 0 aliphatic carbocycles. The number of hydrogen-bond donors (Lipinski definition) is 1. The molecule has 0 aromatic carbocycles. The average Bonchev–Trinajstić information content (AvgIpc) is 1.80. The molecule has 0 aromatic rings. The average molecular weight is 174 g/mol. The molecule has 0 bridgehead atoms. The van der Waals surface area contributed by atoms with Gasteiger partial charge in [-0.1, -0.05) is 0 Å². The van der Waals surface area contributed by atoms with Gasteiger partial charge in [-0.25, -0.2) is 4.39 Å². The fraction of sp³-hybridized carbons (Fsp3) is 1.00. The van der Waals surface area contributed by atoms with E-state index in [-0.39, 0.29) is 12.2 Å². The maximum atomic E-state index is 11.9. The third-order valence-corrected chi connectivity index (χ3v) is 2.00. The van der Waals surface area contributed by atoms with Crippen molar-refractivity contribution in [2.24, 2.45) is 0 Å². The predicted molar refractivity (Wildman–Crippen MR) is 49.1 cm³/mol. The van der Waals surface area contributed by atoms with Gasteiger partial charge < -0.3 is 5.32 Å². The Bertz CT molecular complexity index is 136. The zero-order valence-electron chi connectivity index (χ0n) is 8.23. The third kappa shape index (κ3) is 3.07. The molecular formula is C9H19FN2. The van der Waals surface area contributed by atoms with Crippen molar-refractivity contribution in [2.75, 3.05) is 26.3 Å². The van der Waals surface area contributed by atoms with E-state index in [9.17, 15) is 4.39 Å². The maximum absolute atomic E-state index is 11.9. The lowest BCUT2D eigenvalue weighted by Crippen LogP contribution is -2.62. The van der Waals surface area contributed by atoms with Gasteiger partial charge in [-0.15, -0.1) is 0 Å². The third-order valence-electron chi connectivity index (χ3n) is 2.00. The first-order chi connectivity index (χ1) is 5.51. The topological polar surface area (TPSA) is 15.3 Å². The van der Waals surface area contributed by atoms with Gasteiger partial charge >= 0.3 is 0 Å². The molecule has 72 valence electrons. The molecule has 1 heterocycles. The van der Waals surface area contributed by atoms with Crippen LogP contribution >= 0.6 is 0 Å². The van der Waals surface area contributed by atoms with E-state index in [2.05, 4.69) is 31.0 Å². The van der Waals surface area contributed by atoms with Crippen molar-refractivity contribution in [3.8, 4) is 0 Å². The summed E-state index contributed by atoms with van der Waals surface area (Å²) < 4.78 is 11.9. The van der Waals surface area contributed by atoms with Gasteiger partial charge in [0.1, 0.15) is 6.67 Å². The van der Waals surface area contributed by atoms with Gasteiger partial charge in [0, 0.05) is 31.2 Å². The van der Waals surface area contributed by atoms with Crippen molar-refractivity contribution in [3.63, 3.8) is 0 Å². The predicted octanol–water partition coefficient (Wildman–Crippen LogP) is 1.03. The molecule has 1 fully saturated rings. The lowest BCUT2D eigenvalue weighted by molar-refractivity contribution is 0.101. The molecule has 1 N–H and O–H groups in total. The van der Waals surface area contributed by atoms with Crippen molar-refractivity contribution in [1.82, 2.24) is 10.2 Å². The number of halogens is 1. The summed E-state index contributed by atoms with van der Waals surface area (Å²) in [6.07, 6.45) is 0. The highest BCUT2D eigenvalue weighted by Crippen LogP contribution is 2.11. The van der Waals surface area contributed by atoms with Gasteiger partial charge in [-0.2, -0.15) is 0 Å². The number of likely N-dealkylation sites (tertiary alicyclic amines) is 1. The van der Waals surface area contributed by atoms with E-state index >= 15 is 0 Å². The minimum Gasteiger partial charge on any atom is -0.307 e. The maximum Gasteiger partial charge on any atom is 0.102 e. The summed E-state index contributed by atoms with van der Waals surface area (Å²) >= 11 is 0. The standard InChI is InChI=1S/C9H19FN2/c1-9(2,3)11-8-6-12(7-8)5-4-10/h8,11H,4-7H2,1-3H3. The first kappa shape index (κ1) is 9.93. The number of hydrogen-bond acceptors (Lipinski definition) is 2. The summed E-state index contributed by atoms with van der Waals surface area (Å²) in [6, 6.07) is 0.566. The van der Waals surface area contributed by atoms with Crippen LogP contribution in [0.5, 0.6) is 0 Å². The summed E-state index contributed by atoms with van der Waals surface area (Å²) in [5.41, 5.74) is 0.187. The molecule has 1 rings (SSSR count). The molecule has 0 aromatic heterocycles. The molecule has 3 heteroatoms. The number of rotatable bonds is 3. The Hall–Kier alpha value is -0.150. The van der Waals surface area contributed by atoms with Gasteiger partial charge in [0.2, 0.25) is 0 Å². The minimum absolute atomic E-state index is 0.187. The highest BCUT2D eigenvalue weighted by atomic mass is 19.1. The molecule has 0 atom stereocenters. The monoisotopic (exact) mass is 174 g/mol. The Kier molecular flexibility index (Phi) is 3.07. The van der Waals surface area contributed by atoms with Crippen LogP contribution in [0.25, 0.3) is 0 Å². The van der Waals surface area contributed by atoms with Crippen LogP contribution < -0.4 is 5.32 Å². The van der Waals surface area contributed by atoms with Crippen LogP contribution in [0.1, 0.15) is 20.8 Å². The first-order valence-corrected chi connectivity index (χ1v) is 4.57. The van der Waals surface area contributed by atoms with E-state index in [0.29, 0.717) is 12.6 Å². The minimum atomic E-state index is -0.220. The van der Waals surface area contributed by atoms with Crippen LogP contribution in [0.4, 0.5) is 4.39 Å². The van der Waals surface area contributed by atoms with Crippen LogP contribution in [-0.2, 0) is 0 Å². The molecule has 0 unspecified atom stereocenters. The molecule has 0 spiro atoms. The van der Waals surface area contributed by atoms with E-state index in [1.807, 2.05) is 0 Å². The lowest BCUT2D eigenvalue weighted by atomic mass is 10.0. The van der Waals surface area contributed by atoms with E-state index in [4.69, 9.17) is 0 Å². The highest BCUT2D eigenvalue weighted by Gasteiger charge is 2.28. The van der Waals surface area contributed by atoms with Gasteiger partial charge in [-0.3, -0.25) is 4.90 Å². The van der Waals surface area contributed by atoms with Crippen LogP contribution in [-0.4, -0.2) is 42.8 Å². The molecule has 1 aliphatic heterocycles. The molecule has 0 amide bonds. The van der Waals surface area contributed by atoms with Gasteiger partial charge in [0.05, 0.1) is 0 Å². The van der Waals surface area contributed by atoms with Crippen molar-refractivity contribution in [1.29, 1.82) is 0 Å². The summed E-state index contributed by atoms with van der Waals surface area (Å²) in [6.45, 7) is 8.85. The van der Waals surface area contributed by atoms with Crippen molar-refractivity contribution >= 4 is 0 Å². The van der Waals surface area contributed by atoms with E-state index in [1.165, 1.54) is 0 Å². The fourth-order valence-corrected chi connectivity index (χ4v) is 1.58. The first-order valence-electron chi connectivity index (χ1n) is 4.57. The number of nitrogens with zero attached hydrogens (tertiary/aromatic N) is 1. The van der Waals surface area contributed by atoms with Crippen LogP contribution in [0.15, 0.2) is 0 Å². The van der Waals surface area contributed by atoms with Crippen molar-refractivity contribution in [3.05, 3.63) is 0 Å². The number of alkyl halides is 1. The highest BCUT2D eigenvalue weighted by molar-refractivity contribution is 4.89. The summed E-state index contributed by atoms with van der Waals surface area (Å²) in [7, 11) is 0. The van der Waals surface area contributed by atoms with Crippen LogP contribution in [0.3, 0.4) is 0 Å². The Morgan fingerprint density at radius 2 is 2.00 bits per heavy atom. The SMILES string of the molecule is CC(C)(C)NC1CN(CCF)C1. The summed E-state index contributed by atoms with van der Waals surface area (Å²) in [5, 5.41) is 3.48. The zero-order valence-corrected chi connectivity index (χ0v) is 8.23. The quantitative estimate of drug-likeness (QED) is 0.687. The smallest absolute Gasteiger partial charge is 0.102 e. The molecule has 0 radical (unpaired) electrons. The second kappa shape index (κ2) is 3.71. The van der Waals surface area contributed by atoms with Gasteiger partial charge in [0.15, 0.2) is 0 Å². The van der Waals surface area contributed by atoms with E-state index in [0.717, 1.165) is 13.1 Å². The number of nitrogens with one attached hydrogen (secondary N) is 1. The normalized spacial score (nSPS) is 21.0.